The van der Waals surface area contributed by atoms with E-state index in [2.05, 4.69) is 0 Å². The van der Waals surface area contributed by atoms with Crippen LogP contribution in [0.25, 0.3) is 0 Å². The Kier molecular flexibility index (Phi) is 4.43. The molecule has 17 heavy (non-hydrogen) atoms. The van der Waals surface area contributed by atoms with E-state index in [9.17, 15) is 9.90 Å². The first kappa shape index (κ1) is 13.9. The Labute approximate surface area is 103 Å². The Morgan fingerprint density at radius 3 is 2.29 bits per heavy atom. The van der Waals surface area contributed by atoms with Crippen LogP contribution in [0.1, 0.15) is 40.5 Å². The third-order valence-electron chi connectivity index (χ3n) is 2.86. The summed E-state index contributed by atoms with van der Waals surface area (Å²) in [6.45, 7) is 8.72. The van der Waals surface area contributed by atoms with Crippen molar-refractivity contribution in [2.75, 3.05) is 13.1 Å². The zero-order chi connectivity index (χ0) is 13.1. The molecule has 0 unspecified atom stereocenters. The molecule has 1 N–H and O–H groups in total. The zero-order valence-corrected chi connectivity index (χ0v) is 11.2. The second kappa shape index (κ2) is 5.43. The molecule has 0 aliphatic carbocycles. The first-order valence-corrected chi connectivity index (χ1v) is 6.16. The normalized spacial score (nSPS) is 19.3. The number of hydrogen-bond donors (Lipinski definition) is 1. The first-order valence-electron chi connectivity index (χ1n) is 6.16. The predicted molar refractivity (Wildman–Crippen MR) is 66.9 cm³/mol. The van der Waals surface area contributed by atoms with Crippen LogP contribution in [-0.2, 0) is 4.74 Å². The Bertz CT molecular complexity index is 296. The van der Waals surface area contributed by atoms with Crippen LogP contribution < -0.4 is 0 Å². The highest BCUT2D eigenvalue weighted by Crippen LogP contribution is 2.24. The molecule has 0 bridgehead atoms. The van der Waals surface area contributed by atoms with Crippen molar-refractivity contribution in [1.29, 1.82) is 0 Å². The van der Waals surface area contributed by atoms with Gasteiger partial charge in [0.15, 0.2) is 0 Å². The van der Waals surface area contributed by atoms with Crippen LogP contribution in [0.5, 0.6) is 0 Å². The quantitative estimate of drug-likeness (QED) is 0.718. The molecule has 0 radical (unpaired) electrons. The molecule has 4 nitrogen and oxygen atoms in total. The first-order chi connectivity index (χ1) is 7.83. The fourth-order valence-corrected chi connectivity index (χ4v) is 1.92. The lowest BCUT2D eigenvalue weighted by atomic mass is 9.95. The van der Waals surface area contributed by atoms with E-state index in [1.165, 1.54) is 0 Å². The molecule has 1 saturated heterocycles. The average molecular weight is 241 g/mol. The summed E-state index contributed by atoms with van der Waals surface area (Å²) >= 11 is 0. The van der Waals surface area contributed by atoms with Crippen molar-refractivity contribution < 1.29 is 14.6 Å². The molecule has 0 aromatic heterocycles. The lowest BCUT2D eigenvalue weighted by Gasteiger charge is -2.33. The van der Waals surface area contributed by atoms with Gasteiger partial charge < -0.3 is 14.7 Å². The summed E-state index contributed by atoms with van der Waals surface area (Å²) in [5, 5.41) is 9.62. The van der Waals surface area contributed by atoms with E-state index in [0.717, 1.165) is 12.8 Å². The van der Waals surface area contributed by atoms with Gasteiger partial charge in [-0.2, -0.15) is 0 Å². The maximum Gasteiger partial charge on any atom is 0.410 e. The molecular formula is C13H23NO3. The molecule has 1 aliphatic heterocycles. The Morgan fingerprint density at radius 1 is 1.35 bits per heavy atom. The van der Waals surface area contributed by atoms with Gasteiger partial charge in [0.2, 0.25) is 0 Å². The molecule has 1 rings (SSSR count). The summed E-state index contributed by atoms with van der Waals surface area (Å²) in [6, 6.07) is 0. The van der Waals surface area contributed by atoms with Crippen LogP contribution in [0, 0.1) is 5.92 Å². The van der Waals surface area contributed by atoms with Gasteiger partial charge in [-0.25, -0.2) is 4.79 Å². The largest absolute Gasteiger partial charge is 0.512 e. The predicted octanol–water partition coefficient (Wildman–Crippen LogP) is 3.10. The van der Waals surface area contributed by atoms with Crippen molar-refractivity contribution in [1.82, 2.24) is 4.90 Å². The molecule has 0 aromatic carbocycles. The van der Waals surface area contributed by atoms with Gasteiger partial charge in [-0.1, -0.05) is 0 Å². The summed E-state index contributed by atoms with van der Waals surface area (Å²) in [5.41, 5.74) is -0.445. The van der Waals surface area contributed by atoms with Gasteiger partial charge in [-0.05, 0) is 46.6 Å². The van der Waals surface area contributed by atoms with E-state index >= 15 is 0 Å². The smallest absolute Gasteiger partial charge is 0.410 e. The topological polar surface area (TPSA) is 49.8 Å². The van der Waals surface area contributed by atoms with Crippen LogP contribution in [-0.4, -0.2) is 34.8 Å². The van der Waals surface area contributed by atoms with Crippen LogP contribution >= 0.6 is 0 Å². The van der Waals surface area contributed by atoms with Gasteiger partial charge in [-0.3, -0.25) is 0 Å². The molecular weight excluding hydrogens is 218 g/mol. The highest BCUT2D eigenvalue weighted by molar-refractivity contribution is 5.68. The van der Waals surface area contributed by atoms with Crippen LogP contribution in [0.3, 0.4) is 0 Å². The molecule has 0 saturated carbocycles. The number of piperidine rings is 1. The number of nitrogens with zero attached hydrogens (tertiary/aromatic N) is 1. The van der Waals surface area contributed by atoms with Gasteiger partial charge in [0, 0.05) is 19.0 Å². The minimum Gasteiger partial charge on any atom is -0.512 e. The number of carbonyl (C=O) groups excluding carboxylic acids is 1. The minimum atomic E-state index is -0.445. The average Bonchev–Trinajstić information content (AvgIpc) is 2.26. The monoisotopic (exact) mass is 241 g/mol. The number of hydrogen-bond acceptors (Lipinski definition) is 3. The molecule has 0 aromatic rings. The fourth-order valence-electron chi connectivity index (χ4n) is 1.92. The van der Waals surface area contributed by atoms with Gasteiger partial charge in [0.25, 0.3) is 0 Å². The van der Waals surface area contributed by atoms with Gasteiger partial charge in [0.1, 0.15) is 5.60 Å². The number of ether oxygens (including phenoxy) is 1. The molecule has 1 fully saturated rings. The molecule has 0 atom stereocenters. The van der Waals surface area contributed by atoms with E-state index in [1.807, 2.05) is 27.7 Å². The minimum absolute atomic E-state index is 0.193. The summed E-state index contributed by atoms with van der Waals surface area (Å²) in [6.07, 6.45) is 3.08. The number of allylic oxidation sites excluding steroid dienone is 2. The Morgan fingerprint density at radius 2 is 1.88 bits per heavy atom. The summed E-state index contributed by atoms with van der Waals surface area (Å²) in [7, 11) is 0. The molecule has 98 valence electrons. The molecule has 4 heteroatoms. The highest BCUT2D eigenvalue weighted by Gasteiger charge is 2.27. The standard InChI is InChI=1S/C13H23NO3/c1-5-11(15)10-6-8-14(9-7-10)12(16)17-13(2,3)4/h5,10,15H,6-9H2,1-4H3/b11-5-. The third kappa shape index (κ3) is 4.29. The molecule has 1 heterocycles. The number of aliphatic hydroxyl groups excluding tert-OH is 1. The van der Waals surface area contributed by atoms with E-state index in [4.69, 9.17) is 4.74 Å². The maximum absolute atomic E-state index is 11.8. The van der Waals surface area contributed by atoms with Crippen molar-refractivity contribution in [2.45, 2.75) is 46.1 Å². The summed E-state index contributed by atoms with van der Waals surface area (Å²) in [5.74, 6) is 0.632. The number of carbonyl (C=O) groups is 1. The van der Waals surface area contributed by atoms with Crippen LogP contribution in [0.2, 0.25) is 0 Å². The molecule has 1 aliphatic rings. The summed E-state index contributed by atoms with van der Waals surface area (Å²) < 4.78 is 5.31. The van der Waals surface area contributed by atoms with Gasteiger partial charge in [0.05, 0.1) is 5.76 Å². The van der Waals surface area contributed by atoms with E-state index in [0.29, 0.717) is 18.8 Å². The van der Waals surface area contributed by atoms with Crippen molar-refractivity contribution >= 4 is 6.09 Å². The van der Waals surface area contributed by atoms with Crippen molar-refractivity contribution in [3.63, 3.8) is 0 Å². The van der Waals surface area contributed by atoms with Crippen LogP contribution in [0.4, 0.5) is 4.79 Å². The van der Waals surface area contributed by atoms with Gasteiger partial charge in [-0.15, -0.1) is 0 Å². The van der Waals surface area contributed by atoms with Crippen molar-refractivity contribution in [3.05, 3.63) is 11.8 Å². The number of likely N-dealkylation sites (tertiary alicyclic amines) is 1. The molecule has 0 spiro atoms. The second-order valence-electron chi connectivity index (χ2n) is 5.46. The lowest BCUT2D eigenvalue weighted by molar-refractivity contribution is 0.0182. The Hall–Kier alpha value is -1.19. The fraction of sp³-hybridized carbons (Fsp3) is 0.769. The van der Waals surface area contributed by atoms with E-state index in [1.54, 1.807) is 11.0 Å². The highest BCUT2D eigenvalue weighted by atomic mass is 16.6. The van der Waals surface area contributed by atoms with Crippen molar-refractivity contribution in [3.8, 4) is 0 Å². The van der Waals surface area contributed by atoms with E-state index < -0.39 is 5.60 Å². The summed E-state index contributed by atoms with van der Waals surface area (Å²) in [4.78, 5) is 13.5. The molecule has 1 amide bonds. The van der Waals surface area contributed by atoms with E-state index in [-0.39, 0.29) is 12.0 Å². The number of amides is 1. The second-order valence-corrected chi connectivity index (χ2v) is 5.46. The maximum atomic E-state index is 11.8. The SMILES string of the molecule is C/C=C(\O)C1CCN(C(=O)OC(C)(C)C)CC1. The van der Waals surface area contributed by atoms with Crippen LogP contribution in [0.15, 0.2) is 11.8 Å². The zero-order valence-electron chi connectivity index (χ0n) is 11.2. The third-order valence-corrected chi connectivity index (χ3v) is 2.86. The number of aliphatic hydroxyl groups is 1. The lowest BCUT2D eigenvalue weighted by Crippen LogP contribution is -2.42. The Balaban J connectivity index is 2.44. The number of rotatable bonds is 1. The van der Waals surface area contributed by atoms with Crippen molar-refractivity contribution in [2.24, 2.45) is 5.92 Å². The van der Waals surface area contributed by atoms with Gasteiger partial charge >= 0.3 is 6.09 Å².